The lowest BCUT2D eigenvalue weighted by Gasteiger charge is -2.10. The Labute approximate surface area is 165 Å². The highest BCUT2D eigenvalue weighted by molar-refractivity contribution is 9.10. The molecule has 0 saturated heterocycles. The molecule has 1 aromatic carbocycles. The Bertz CT molecular complexity index is 731. The van der Waals surface area contributed by atoms with E-state index in [-0.39, 0.29) is 27.6 Å². The first-order chi connectivity index (χ1) is 11.7. The van der Waals surface area contributed by atoms with E-state index >= 15 is 0 Å². The van der Waals surface area contributed by atoms with Crippen molar-refractivity contribution in [3.05, 3.63) is 32.7 Å². The third-order valence-corrected chi connectivity index (χ3v) is 5.48. The van der Waals surface area contributed by atoms with E-state index in [2.05, 4.69) is 26.5 Å². The molecule has 0 radical (unpaired) electrons. The van der Waals surface area contributed by atoms with Crippen LogP contribution in [0.5, 0.6) is 11.5 Å². The van der Waals surface area contributed by atoms with E-state index in [0.717, 1.165) is 0 Å². The number of halogens is 3. The molecule has 1 N–H and O–H groups in total. The number of hydrazone groups is 1. The molecular formula is C17H19BrCl2N2O3. The van der Waals surface area contributed by atoms with E-state index < -0.39 is 0 Å². The monoisotopic (exact) mass is 448 g/mol. The minimum Gasteiger partial charge on any atom is -0.496 e. The molecule has 5 nitrogen and oxygen atoms in total. The third-order valence-electron chi connectivity index (χ3n) is 4.41. The largest absolute Gasteiger partial charge is 0.496 e. The summed E-state index contributed by atoms with van der Waals surface area (Å²) in [6, 6.07) is 3.54. The summed E-state index contributed by atoms with van der Waals surface area (Å²) in [5, 5.41) is 4.05. The minimum absolute atomic E-state index is 0.00853. The molecule has 25 heavy (non-hydrogen) atoms. The lowest BCUT2D eigenvalue weighted by atomic mass is 10.1. The predicted molar refractivity (Wildman–Crippen MR) is 104 cm³/mol. The van der Waals surface area contributed by atoms with Crippen molar-refractivity contribution in [3.8, 4) is 11.5 Å². The zero-order chi connectivity index (χ0) is 18.8. The van der Waals surface area contributed by atoms with Crippen LogP contribution < -0.4 is 14.9 Å². The van der Waals surface area contributed by atoms with Gasteiger partial charge in [0.1, 0.15) is 16.0 Å². The summed E-state index contributed by atoms with van der Waals surface area (Å²) in [7, 11) is 3.13. The second kappa shape index (κ2) is 7.98. The van der Waals surface area contributed by atoms with Gasteiger partial charge in [-0.2, -0.15) is 5.10 Å². The number of carbonyl (C=O) groups excluding carboxylic acids is 1. The van der Waals surface area contributed by atoms with Crippen LogP contribution in [-0.2, 0) is 4.79 Å². The molecule has 0 aliphatic heterocycles. The molecule has 1 amide bonds. The summed E-state index contributed by atoms with van der Waals surface area (Å²) in [4.78, 5) is 12.4. The second-order valence-corrected chi connectivity index (χ2v) is 8.01. The molecule has 0 spiro atoms. The van der Waals surface area contributed by atoms with Crippen molar-refractivity contribution in [2.75, 3.05) is 14.2 Å². The van der Waals surface area contributed by atoms with Crippen molar-refractivity contribution in [2.24, 2.45) is 22.4 Å². The Morgan fingerprint density at radius 2 is 1.88 bits per heavy atom. The van der Waals surface area contributed by atoms with Crippen molar-refractivity contribution in [3.63, 3.8) is 0 Å². The number of carbonyl (C=O) groups is 1. The van der Waals surface area contributed by atoms with Gasteiger partial charge in [0.25, 0.3) is 0 Å². The number of nitrogens with one attached hydrogen (secondary N) is 1. The number of amides is 1. The lowest BCUT2D eigenvalue weighted by molar-refractivity contribution is -0.123. The molecule has 2 unspecified atom stereocenters. The van der Waals surface area contributed by atoms with Crippen molar-refractivity contribution in [1.29, 1.82) is 0 Å². The molecular weight excluding hydrogens is 431 g/mol. The summed E-state index contributed by atoms with van der Waals surface area (Å²) >= 11 is 14.9. The van der Waals surface area contributed by atoms with Crippen LogP contribution in [0.3, 0.4) is 0 Å². The standard InChI is InChI=1S/C17H19BrCl2N2O3/c1-17(2)10(7-13(19)20)14(17)16(23)22-21-8-9-11(24-3)5-6-12(25-4)15(9)18/h5-8,10,14H,1-4H3,(H,22,23)/b21-8+. The van der Waals surface area contributed by atoms with Crippen LogP contribution in [0.1, 0.15) is 19.4 Å². The number of hydrogen-bond acceptors (Lipinski definition) is 4. The van der Waals surface area contributed by atoms with Gasteiger partial charge in [-0.15, -0.1) is 0 Å². The van der Waals surface area contributed by atoms with Gasteiger partial charge in [0.05, 0.1) is 36.4 Å². The number of nitrogens with zero attached hydrogens (tertiary/aromatic N) is 1. The molecule has 8 heteroatoms. The fourth-order valence-electron chi connectivity index (χ4n) is 2.87. The van der Waals surface area contributed by atoms with Crippen molar-refractivity contribution >= 4 is 51.3 Å². The predicted octanol–water partition coefficient (Wildman–Crippen LogP) is 4.51. The van der Waals surface area contributed by atoms with Gasteiger partial charge in [-0.05, 0) is 45.5 Å². The number of ether oxygens (including phenoxy) is 2. The van der Waals surface area contributed by atoms with Gasteiger partial charge in [-0.3, -0.25) is 4.79 Å². The second-order valence-electron chi connectivity index (χ2n) is 6.21. The summed E-state index contributed by atoms with van der Waals surface area (Å²) in [6.07, 6.45) is 3.21. The Balaban J connectivity index is 2.12. The van der Waals surface area contributed by atoms with Crippen molar-refractivity contribution < 1.29 is 14.3 Å². The third kappa shape index (κ3) is 4.30. The lowest BCUT2D eigenvalue weighted by Crippen LogP contribution is -2.22. The number of methoxy groups -OCH3 is 2. The molecule has 0 aromatic heterocycles. The number of benzene rings is 1. The van der Waals surface area contributed by atoms with E-state index in [9.17, 15) is 4.79 Å². The zero-order valence-corrected chi connectivity index (χ0v) is 17.4. The topological polar surface area (TPSA) is 59.9 Å². The normalized spacial score (nSPS) is 20.9. The Hall–Kier alpha value is -1.24. The van der Waals surface area contributed by atoms with Gasteiger partial charge < -0.3 is 9.47 Å². The first-order valence-corrected chi connectivity index (χ1v) is 9.05. The average Bonchev–Trinajstić information content (AvgIpc) is 3.08. The maximum Gasteiger partial charge on any atom is 0.244 e. The highest BCUT2D eigenvalue weighted by atomic mass is 79.9. The highest BCUT2D eigenvalue weighted by Crippen LogP contribution is 2.59. The van der Waals surface area contributed by atoms with Gasteiger partial charge in [-0.1, -0.05) is 37.0 Å². The molecule has 136 valence electrons. The summed E-state index contributed by atoms with van der Waals surface area (Å²) in [6.45, 7) is 3.97. The van der Waals surface area contributed by atoms with Gasteiger partial charge in [0.15, 0.2) is 0 Å². The van der Waals surface area contributed by atoms with Crippen LogP contribution in [0.4, 0.5) is 0 Å². The zero-order valence-electron chi connectivity index (χ0n) is 14.3. The maximum atomic E-state index is 12.4. The van der Waals surface area contributed by atoms with E-state index in [1.54, 1.807) is 32.4 Å². The number of rotatable bonds is 6. The minimum atomic E-state index is -0.229. The van der Waals surface area contributed by atoms with Gasteiger partial charge in [0.2, 0.25) is 5.91 Å². The van der Waals surface area contributed by atoms with E-state index in [1.807, 2.05) is 13.8 Å². The average molecular weight is 450 g/mol. The quantitative estimate of drug-likeness (QED) is 0.513. The SMILES string of the molecule is COc1ccc(OC)c(/C=N/NC(=O)C2C(C=C(Cl)Cl)C2(C)C)c1Br. The molecule has 2 rings (SSSR count). The van der Waals surface area contributed by atoms with Gasteiger partial charge in [0, 0.05) is 0 Å². The molecule has 1 aliphatic rings. The molecule has 1 saturated carbocycles. The van der Waals surface area contributed by atoms with Gasteiger partial charge in [-0.25, -0.2) is 5.43 Å². The summed E-state index contributed by atoms with van der Waals surface area (Å²) in [5.41, 5.74) is 3.02. The van der Waals surface area contributed by atoms with E-state index in [0.29, 0.717) is 21.5 Å². The first kappa shape index (κ1) is 20.1. The summed E-state index contributed by atoms with van der Waals surface area (Å²) < 4.78 is 11.4. The molecule has 1 fully saturated rings. The molecule has 0 bridgehead atoms. The van der Waals surface area contributed by atoms with Crippen LogP contribution in [0.2, 0.25) is 0 Å². The first-order valence-electron chi connectivity index (χ1n) is 7.50. The fourth-order valence-corrected chi connectivity index (χ4v) is 3.73. The van der Waals surface area contributed by atoms with Crippen LogP contribution in [-0.4, -0.2) is 26.3 Å². The smallest absolute Gasteiger partial charge is 0.244 e. The van der Waals surface area contributed by atoms with Crippen LogP contribution >= 0.6 is 39.1 Å². The number of hydrogen-bond donors (Lipinski definition) is 1. The van der Waals surface area contributed by atoms with Crippen LogP contribution in [0.25, 0.3) is 0 Å². The molecule has 2 atom stereocenters. The Kier molecular flexibility index (Phi) is 6.40. The van der Waals surface area contributed by atoms with Crippen molar-refractivity contribution in [1.82, 2.24) is 5.43 Å². The van der Waals surface area contributed by atoms with Gasteiger partial charge >= 0.3 is 0 Å². The van der Waals surface area contributed by atoms with E-state index in [1.165, 1.54) is 6.21 Å². The molecule has 0 heterocycles. The Morgan fingerprint density at radius 1 is 1.28 bits per heavy atom. The highest BCUT2D eigenvalue weighted by Gasteiger charge is 2.60. The number of allylic oxidation sites excluding steroid dienone is 1. The van der Waals surface area contributed by atoms with Crippen LogP contribution in [0, 0.1) is 17.3 Å². The molecule has 1 aliphatic carbocycles. The fraction of sp³-hybridized carbons (Fsp3) is 0.412. The van der Waals surface area contributed by atoms with Crippen molar-refractivity contribution in [2.45, 2.75) is 13.8 Å². The Morgan fingerprint density at radius 3 is 2.44 bits per heavy atom. The summed E-state index contributed by atoms with van der Waals surface area (Å²) in [5.74, 6) is 0.819. The maximum absolute atomic E-state index is 12.4. The van der Waals surface area contributed by atoms with E-state index in [4.69, 9.17) is 32.7 Å². The van der Waals surface area contributed by atoms with Crippen LogP contribution in [0.15, 0.2) is 32.3 Å². The molecule has 1 aromatic rings.